The summed E-state index contributed by atoms with van der Waals surface area (Å²) in [4.78, 5) is 20.3. The topological polar surface area (TPSA) is 98.5 Å². The number of carbonyl (C=O) groups is 1. The molecule has 8 heteroatoms. The standard InChI is InChI=1S/C27H30N4O4/c1-17(2)15-35-25-13-19(8-9-20(25)27(32)33)22-14-26(30-16-29-22)28-10-11-31-18(3)12-21-23(31)6-5-7-24(21)34-4/h5-9,12-14,16-17H,10-11,15H2,1-4H3,(H,32,33)(H,28,29,30). The molecular weight excluding hydrogens is 444 g/mol. The first-order chi connectivity index (χ1) is 16.9. The molecule has 0 saturated heterocycles. The molecule has 0 fully saturated rings. The highest BCUT2D eigenvalue weighted by molar-refractivity contribution is 5.92. The number of hydrogen-bond donors (Lipinski definition) is 2. The molecule has 0 bridgehead atoms. The van der Waals surface area contributed by atoms with E-state index in [9.17, 15) is 9.90 Å². The molecule has 0 radical (unpaired) electrons. The number of nitrogens with one attached hydrogen (secondary N) is 1. The molecule has 0 aliphatic rings. The molecule has 2 aromatic heterocycles. The highest BCUT2D eigenvalue weighted by Gasteiger charge is 2.15. The molecule has 0 amide bonds. The van der Waals surface area contributed by atoms with Crippen molar-refractivity contribution in [2.45, 2.75) is 27.3 Å². The minimum absolute atomic E-state index is 0.132. The van der Waals surface area contributed by atoms with E-state index in [0.717, 1.165) is 34.5 Å². The maximum Gasteiger partial charge on any atom is 0.339 e. The van der Waals surface area contributed by atoms with Crippen LogP contribution >= 0.6 is 0 Å². The summed E-state index contributed by atoms with van der Waals surface area (Å²) in [6, 6.07) is 15.1. The zero-order valence-electron chi connectivity index (χ0n) is 20.4. The number of rotatable bonds is 10. The monoisotopic (exact) mass is 474 g/mol. The predicted octanol–water partition coefficient (Wildman–Crippen LogP) is 5.26. The number of aryl methyl sites for hydroxylation is 1. The third-order valence-corrected chi connectivity index (χ3v) is 5.72. The first-order valence-corrected chi connectivity index (χ1v) is 11.6. The normalized spacial score (nSPS) is 11.1. The van der Waals surface area contributed by atoms with Gasteiger partial charge in [0.25, 0.3) is 0 Å². The molecule has 35 heavy (non-hydrogen) atoms. The molecule has 2 heterocycles. The quantitative estimate of drug-likeness (QED) is 0.323. The summed E-state index contributed by atoms with van der Waals surface area (Å²) in [5.41, 5.74) is 3.86. The second-order valence-corrected chi connectivity index (χ2v) is 8.77. The Hall–Kier alpha value is -4.07. The number of benzene rings is 2. The van der Waals surface area contributed by atoms with Gasteiger partial charge in [-0.05, 0) is 43.2 Å². The Kier molecular flexibility index (Phi) is 7.19. The van der Waals surface area contributed by atoms with Crippen LogP contribution in [0.25, 0.3) is 22.2 Å². The molecule has 4 rings (SSSR count). The summed E-state index contributed by atoms with van der Waals surface area (Å²) in [6.45, 7) is 7.96. The van der Waals surface area contributed by atoms with E-state index in [1.807, 2.05) is 32.0 Å². The summed E-state index contributed by atoms with van der Waals surface area (Å²) in [5, 5.41) is 14.0. The van der Waals surface area contributed by atoms with Crippen molar-refractivity contribution in [2.75, 3.05) is 25.6 Å². The fraction of sp³-hybridized carbons (Fsp3) is 0.296. The number of fused-ring (bicyclic) bond motifs is 1. The molecule has 182 valence electrons. The van der Waals surface area contributed by atoms with Crippen molar-refractivity contribution in [3.8, 4) is 22.8 Å². The number of methoxy groups -OCH3 is 1. The van der Waals surface area contributed by atoms with Crippen molar-refractivity contribution in [3.05, 3.63) is 66.1 Å². The van der Waals surface area contributed by atoms with Crippen LogP contribution in [0.4, 0.5) is 5.82 Å². The Morgan fingerprint density at radius 2 is 1.94 bits per heavy atom. The largest absolute Gasteiger partial charge is 0.496 e. The van der Waals surface area contributed by atoms with Crippen LogP contribution in [-0.4, -0.2) is 45.9 Å². The van der Waals surface area contributed by atoms with Gasteiger partial charge in [-0.3, -0.25) is 0 Å². The average molecular weight is 475 g/mol. The van der Waals surface area contributed by atoms with Crippen molar-refractivity contribution >= 4 is 22.7 Å². The summed E-state index contributed by atoms with van der Waals surface area (Å²) in [5.74, 6) is 1.14. The zero-order chi connectivity index (χ0) is 24.9. The fourth-order valence-electron chi connectivity index (χ4n) is 4.01. The van der Waals surface area contributed by atoms with E-state index in [1.165, 1.54) is 6.33 Å². The molecule has 4 aromatic rings. The second-order valence-electron chi connectivity index (χ2n) is 8.77. The number of carboxylic acid groups (broad SMARTS) is 1. The SMILES string of the molecule is COc1cccc2c1cc(C)n2CCNc1cc(-c2ccc(C(=O)O)c(OCC(C)C)c2)ncn1. The Labute approximate surface area is 204 Å². The van der Waals surface area contributed by atoms with Crippen LogP contribution < -0.4 is 14.8 Å². The van der Waals surface area contributed by atoms with Crippen LogP contribution in [0.15, 0.2) is 54.9 Å². The number of ether oxygens (including phenoxy) is 2. The van der Waals surface area contributed by atoms with Crippen LogP contribution in [-0.2, 0) is 6.54 Å². The number of hydrogen-bond acceptors (Lipinski definition) is 6. The van der Waals surface area contributed by atoms with E-state index in [1.54, 1.807) is 25.3 Å². The first kappa shape index (κ1) is 24.1. The molecule has 0 spiro atoms. The van der Waals surface area contributed by atoms with Gasteiger partial charge in [0, 0.05) is 35.8 Å². The predicted molar refractivity (Wildman–Crippen MR) is 136 cm³/mol. The minimum Gasteiger partial charge on any atom is -0.496 e. The van der Waals surface area contributed by atoms with Crippen molar-refractivity contribution < 1.29 is 19.4 Å². The van der Waals surface area contributed by atoms with Crippen LogP contribution in [0.3, 0.4) is 0 Å². The molecule has 8 nitrogen and oxygen atoms in total. The average Bonchev–Trinajstić information content (AvgIpc) is 3.17. The summed E-state index contributed by atoms with van der Waals surface area (Å²) in [7, 11) is 1.68. The Balaban J connectivity index is 1.50. The van der Waals surface area contributed by atoms with Gasteiger partial charge in [0.05, 0.1) is 24.9 Å². The van der Waals surface area contributed by atoms with Crippen molar-refractivity contribution in [1.29, 1.82) is 0 Å². The molecular formula is C27H30N4O4. The zero-order valence-corrected chi connectivity index (χ0v) is 20.4. The first-order valence-electron chi connectivity index (χ1n) is 11.6. The van der Waals surface area contributed by atoms with Gasteiger partial charge in [-0.1, -0.05) is 26.0 Å². The van der Waals surface area contributed by atoms with Crippen LogP contribution in [0.1, 0.15) is 29.9 Å². The van der Waals surface area contributed by atoms with Crippen molar-refractivity contribution in [1.82, 2.24) is 14.5 Å². The van der Waals surface area contributed by atoms with Crippen molar-refractivity contribution in [3.63, 3.8) is 0 Å². The van der Waals surface area contributed by atoms with E-state index in [4.69, 9.17) is 9.47 Å². The lowest BCUT2D eigenvalue weighted by atomic mass is 10.1. The third-order valence-electron chi connectivity index (χ3n) is 5.72. The molecule has 0 aliphatic carbocycles. The Bertz CT molecular complexity index is 1350. The summed E-state index contributed by atoms with van der Waals surface area (Å²) in [6.07, 6.45) is 1.50. The van der Waals surface area contributed by atoms with Gasteiger partial charge in [-0.25, -0.2) is 14.8 Å². The molecule has 0 atom stereocenters. The number of aromatic nitrogens is 3. The second kappa shape index (κ2) is 10.5. The lowest BCUT2D eigenvalue weighted by Gasteiger charge is -2.13. The number of aromatic carboxylic acids is 1. The minimum atomic E-state index is -1.02. The smallest absolute Gasteiger partial charge is 0.339 e. The summed E-state index contributed by atoms with van der Waals surface area (Å²) < 4.78 is 13.5. The van der Waals surface area contributed by atoms with Gasteiger partial charge >= 0.3 is 5.97 Å². The van der Waals surface area contributed by atoms with Crippen molar-refractivity contribution in [2.24, 2.45) is 5.92 Å². The molecule has 0 saturated carbocycles. The van der Waals surface area contributed by atoms with E-state index in [0.29, 0.717) is 30.4 Å². The summed E-state index contributed by atoms with van der Waals surface area (Å²) >= 11 is 0. The Morgan fingerprint density at radius 1 is 1.11 bits per heavy atom. The van der Waals surface area contributed by atoms with Gasteiger partial charge in [0.15, 0.2) is 0 Å². The van der Waals surface area contributed by atoms with Gasteiger partial charge < -0.3 is 24.5 Å². The van der Waals surface area contributed by atoms with Gasteiger partial charge in [-0.15, -0.1) is 0 Å². The molecule has 0 aliphatic heterocycles. The van der Waals surface area contributed by atoms with Crippen LogP contribution in [0.5, 0.6) is 11.5 Å². The highest BCUT2D eigenvalue weighted by Crippen LogP contribution is 2.29. The van der Waals surface area contributed by atoms with Gasteiger partial charge in [0.2, 0.25) is 0 Å². The van der Waals surface area contributed by atoms with E-state index < -0.39 is 5.97 Å². The molecule has 2 N–H and O–H groups in total. The molecule has 0 unspecified atom stereocenters. The van der Waals surface area contributed by atoms with Crippen LogP contribution in [0, 0.1) is 12.8 Å². The fourth-order valence-corrected chi connectivity index (χ4v) is 4.01. The van der Waals surface area contributed by atoms with E-state index >= 15 is 0 Å². The highest BCUT2D eigenvalue weighted by atomic mass is 16.5. The maximum atomic E-state index is 11.6. The lowest BCUT2D eigenvalue weighted by molar-refractivity contribution is 0.0691. The third kappa shape index (κ3) is 5.37. The number of anilines is 1. The number of carboxylic acids is 1. The van der Waals surface area contributed by atoms with Crippen LogP contribution in [0.2, 0.25) is 0 Å². The molecule has 2 aromatic carbocycles. The number of nitrogens with zero attached hydrogens (tertiary/aromatic N) is 3. The van der Waals surface area contributed by atoms with Gasteiger partial charge in [0.1, 0.15) is 29.2 Å². The van der Waals surface area contributed by atoms with Gasteiger partial charge in [-0.2, -0.15) is 0 Å². The van der Waals surface area contributed by atoms with E-state index in [2.05, 4.69) is 38.9 Å². The maximum absolute atomic E-state index is 11.6. The Morgan fingerprint density at radius 3 is 2.69 bits per heavy atom. The van der Waals surface area contributed by atoms with E-state index in [-0.39, 0.29) is 11.5 Å². The lowest BCUT2D eigenvalue weighted by Crippen LogP contribution is -2.12.